The predicted molar refractivity (Wildman–Crippen MR) is 85.3 cm³/mol. The second-order valence-electron chi connectivity index (χ2n) is 5.73. The van der Waals surface area contributed by atoms with Gasteiger partial charge in [0.05, 0.1) is 19.5 Å². The highest BCUT2D eigenvalue weighted by Crippen LogP contribution is 2.06. The summed E-state index contributed by atoms with van der Waals surface area (Å²) in [5.41, 5.74) is 5.09. The van der Waals surface area contributed by atoms with E-state index in [-0.39, 0.29) is 18.9 Å². The molecule has 0 aliphatic carbocycles. The van der Waals surface area contributed by atoms with Gasteiger partial charge in [0, 0.05) is 0 Å². The number of hydrogen-bond acceptors (Lipinski definition) is 6. The summed E-state index contributed by atoms with van der Waals surface area (Å²) < 4.78 is 0. The highest BCUT2D eigenvalue weighted by molar-refractivity contribution is 5.93. The molecule has 0 heterocycles. The third-order valence-corrected chi connectivity index (χ3v) is 2.98. The van der Waals surface area contributed by atoms with Crippen LogP contribution in [0.5, 0.6) is 0 Å². The lowest BCUT2D eigenvalue weighted by molar-refractivity contribution is -0.147. The maximum absolute atomic E-state index is 12.2. The molecule has 0 aliphatic rings. The summed E-state index contributed by atoms with van der Waals surface area (Å²) in [6.45, 7) is 2.89. The van der Waals surface area contributed by atoms with Crippen LogP contribution in [0.25, 0.3) is 0 Å². The number of nitrogens with one attached hydrogen (secondary N) is 3. The Morgan fingerprint density at radius 1 is 0.960 bits per heavy atom. The molecule has 142 valence electrons. The summed E-state index contributed by atoms with van der Waals surface area (Å²) >= 11 is 0. The second-order valence-corrected chi connectivity index (χ2v) is 5.73. The van der Waals surface area contributed by atoms with Crippen molar-refractivity contribution in [2.45, 2.75) is 38.8 Å². The first kappa shape index (κ1) is 22.3. The maximum Gasteiger partial charge on any atom is 0.326 e. The Labute approximate surface area is 144 Å². The highest BCUT2D eigenvalue weighted by Gasteiger charge is 2.28. The van der Waals surface area contributed by atoms with Gasteiger partial charge < -0.3 is 31.9 Å². The van der Waals surface area contributed by atoms with E-state index in [0.717, 1.165) is 0 Å². The lowest BCUT2D eigenvalue weighted by Crippen LogP contribution is -2.54. The van der Waals surface area contributed by atoms with Gasteiger partial charge in [0.15, 0.2) is 0 Å². The van der Waals surface area contributed by atoms with Gasteiger partial charge in [-0.2, -0.15) is 0 Å². The van der Waals surface area contributed by atoms with Crippen molar-refractivity contribution in [3.05, 3.63) is 0 Å². The molecule has 0 aliphatic heterocycles. The molecule has 2 unspecified atom stereocenters. The molecule has 11 heteroatoms. The van der Waals surface area contributed by atoms with E-state index in [2.05, 4.69) is 16.0 Å². The van der Waals surface area contributed by atoms with Crippen LogP contribution in [-0.2, 0) is 24.0 Å². The minimum absolute atomic E-state index is 0.0163. The van der Waals surface area contributed by atoms with E-state index in [1.54, 1.807) is 13.8 Å². The van der Waals surface area contributed by atoms with E-state index in [4.69, 9.17) is 15.9 Å². The molecule has 0 saturated heterocycles. The van der Waals surface area contributed by atoms with E-state index in [9.17, 15) is 24.0 Å². The molecule has 0 fully saturated rings. The van der Waals surface area contributed by atoms with Crippen LogP contribution in [0.4, 0.5) is 0 Å². The molecular formula is C14H24N4O7. The van der Waals surface area contributed by atoms with E-state index in [0.29, 0.717) is 0 Å². The minimum Gasteiger partial charge on any atom is -0.481 e. The van der Waals surface area contributed by atoms with Crippen molar-refractivity contribution in [1.82, 2.24) is 16.0 Å². The summed E-state index contributed by atoms with van der Waals surface area (Å²) in [5.74, 6) is -4.93. The van der Waals surface area contributed by atoms with E-state index in [1.165, 1.54) is 0 Å². The van der Waals surface area contributed by atoms with Crippen LogP contribution in [0.3, 0.4) is 0 Å². The zero-order valence-corrected chi connectivity index (χ0v) is 14.1. The Kier molecular flexibility index (Phi) is 9.79. The number of amides is 3. The maximum atomic E-state index is 12.2. The van der Waals surface area contributed by atoms with Gasteiger partial charge in [-0.25, -0.2) is 4.79 Å². The van der Waals surface area contributed by atoms with Gasteiger partial charge in [-0.3, -0.25) is 19.2 Å². The zero-order chi connectivity index (χ0) is 19.6. The fraction of sp³-hybridized carbons (Fsp3) is 0.643. The van der Waals surface area contributed by atoms with Crippen LogP contribution in [0.15, 0.2) is 0 Å². The Balaban J connectivity index is 4.90. The zero-order valence-electron chi connectivity index (χ0n) is 14.1. The largest absolute Gasteiger partial charge is 0.481 e. The molecule has 0 aromatic rings. The first-order valence-electron chi connectivity index (χ1n) is 7.57. The first-order chi connectivity index (χ1) is 11.6. The number of nitrogens with two attached hydrogens (primary N) is 1. The molecule has 0 rings (SSSR count). The van der Waals surface area contributed by atoms with Crippen LogP contribution in [-0.4, -0.2) is 65.0 Å². The lowest BCUT2D eigenvalue weighted by Gasteiger charge is -2.22. The summed E-state index contributed by atoms with van der Waals surface area (Å²) in [4.78, 5) is 56.7. The molecule has 7 N–H and O–H groups in total. The van der Waals surface area contributed by atoms with Crippen LogP contribution in [0.1, 0.15) is 26.7 Å². The molecule has 11 nitrogen and oxygen atoms in total. The molecule has 0 aromatic heterocycles. The predicted octanol–water partition coefficient (Wildman–Crippen LogP) is -2.36. The van der Waals surface area contributed by atoms with Crippen molar-refractivity contribution in [1.29, 1.82) is 0 Å². The van der Waals surface area contributed by atoms with Gasteiger partial charge >= 0.3 is 11.9 Å². The number of carboxylic acid groups (broad SMARTS) is 2. The van der Waals surface area contributed by atoms with Gasteiger partial charge in [-0.05, 0) is 12.3 Å². The van der Waals surface area contributed by atoms with E-state index >= 15 is 0 Å². The average Bonchev–Trinajstić information content (AvgIpc) is 2.50. The number of hydrogen-bond donors (Lipinski definition) is 6. The van der Waals surface area contributed by atoms with E-state index < -0.39 is 54.7 Å². The number of carboxylic acids is 2. The average molecular weight is 360 g/mol. The molecule has 0 aromatic carbocycles. The second kappa shape index (κ2) is 11.0. The Morgan fingerprint density at radius 3 is 2.00 bits per heavy atom. The van der Waals surface area contributed by atoms with Gasteiger partial charge in [0.1, 0.15) is 12.1 Å². The fourth-order valence-electron chi connectivity index (χ4n) is 1.85. The summed E-state index contributed by atoms with van der Waals surface area (Å²) in [7, 11) is 0. The Hall–Kier alpha value is -2.69. The third-order valence-electron chi connectivity index (χ3n) is 2.98. The van der Waals surface area contributed by atoms with Crippen molar-refractivity contribution in [2.24, 2.45) is 11.7 Å². The normalized spacial score (nSPS) is 12.8. The van der Waals surface area contributed by atoms with Gasteiger partial charge in [-0.15, -0.1) is 0 Å². The molecular weight excluding hydrogens is 336 g/mol. The quantitative estimate of drug-likeness (QED) is 0.236. The van der Waals surface area contributed by atoms with Gasteiger partial charge in [0.2, 0.25) is 17.7 Å². The lowest BCUT2D eigenvalue weighted by atomic mass is 10.0. The fourth-order valence-corrected chi connectivity index (χ4v) is 1.85. The summed E-state index contributed by atoms with van der Waals surface area (Å²) in [6, 6.07) is -2.69. The topological polar surface area (TPSA) is 188 Å². The molecule has 2 atom stereocenters. The van der Waals surface area contributed by atoms with Crippen molar-refractivity contribution in [3.8, 4) is 0 Å². The number of carbonyl (C=O) groups excluding carboxylic acids is 3. The standard InChI is InChI=1S/C14H24N4O7/c1-7(2)3-8(17-11(20)6-16-10(19)5-15)13(23)18-9(14(24)25)4-12(21)22/h7-9H,3-6,15H2,1-2H3,(H,16,19)(H,17,20)(H,18,23)(H,21,22)(H,24,25). The van der Waals surface area contributed by atoms with Crippen molar-refractivity contribution >= 4 is 29.7 Å². The van der Waals surface area contributed by atoms with Gasteiger partial charge in [-0.1, -0.05) is 13.8 Å². The summed E-state index contributed by atoms with van der Waals surface area (Å²) in [5, 5.41) is 24.4. The molecule has 0 spiro atoms. The summed E-state index contributed by atoms with van der Waals surface area (Å²) in [6.07, 6.45) is -0.599. The number of rotatable bonds is 11. The van der Waals surface area contributed by atoms with Crippen molar-refractivity contribution in [3.63, 3.8) is 0 Å². The number of carbonyl (C=O) groups is 5. The van der Waals surface area contributed by atoms with Gasteiger partial charge in [0.25, 0.3) is 0 Å². The highest BCUT2D eigenvalue weighted by atomic mass is 16.4. The van der Waals surface area contributed by atoms with Crippen LogP contribution in [0.2, 0.25) is 0 Å². The van der Waals surface area contributed by atoms with Crippen LogP contribution in [0, 0.1) is 5.92 Å². The molecule has 0 radical (unpaired) electrons. The monoisotopic (exact) mass is 360 g/mol. The first-order valence-corrected chi connectivity index (χ1v) is 7.57. The number of aliphatic carboxylic acids is 2. The van der Waals surface area contributed by atoms with Crippen molar-refractivity contribution < 1.29 is 34.2 Å². The molecule has 0 saturated carbocycles. The van der Waals surface area contributed by atoms with Crippen LogP contribution < -0.4 is 21.7 Å². The molecule has 0 bridgehead atoms. The Morgan fingerprint density at radius 2 is 1.56 bits per heavy atom. The Bertz CT molecular complexity index is 521. The van der Waals surface area contributed by atoms with Crippen molar-refractivity contribution in [2.75, 3.05) is 13.1 Å². The smallest absolute Gasteiger partial charge is 0.326 e. The third kappa shape index (κ3) is 9.91. The molecule has 25 heavy (non-hydrogen) atoms. The SMILES string of the molecule is CC(C)CC(NC(=O)CNC(=O)CN)C(=O)NC(CC(=O)O)C(=O)O. The van der Waals surface area contributed by atoms with E-state index in [1.807, 2.05) is 0 Å². The van der Waals surface area contributed by atoms with Crippen LogP contribution >= 0.6 is 0 Å². The molecule has 3 amide bonds. The minimum atomic E-state index is -1.62.